The maximum absolute atomic E-state index is 3.69. The molecular weight excluding hydrogens is 122 g/mol. The van der Waals surface area contributed by atoms with Crippen LogP contribution in [0.2, 0.25) is 0 Å². The third-order valence-electron chi connectivity index (χ3n) is 3.36. The fourth-order valence-corrected chi connectivity index (χ4v) is 2.27. The fourth-order valence-electron chi connectivity index (χ4n) is 2.27. The molecule has 0 saturated heterocycles. The Morgan fingerprint density at radius 1 is 1.00 bits per heavy atom. The van der Waals surface area contributed by atoms with Crippen LogP contribution in [0.25, 0.3) is 0 Å². The van der Waals surface area contributed by atoms with Gasteiger partial charge in [-0.3, -0.25) is 0 Å². The lowest BCUT2D eigenvalue weighted by atomic mass is 9.77. The average Bonchev–Trinajstić information content (AvgIpc) is 2.53. The molecule has 1 heteroatoms. The molecular formula is C9H15N. The highest BCUT2D eigenvalue weighted by Gasteiger charge is 2.53. The molecule has 0 bridgehead atoms. The van der Waals surface area contributed by atoms with Crippen molar-refractivity contribution < 1.29 is 0 Å². The van der Waals surface area contributed by atoms with Crippen molar-refractivity contribution in [1.82, 2.24) is 5.32 Å². The van der Waals surface area contributed by atoms with Crippen LogP contribution in [0.1, 0.15) is 38.5 Å². The minimum atomic E-state index is 0.895. The molecule has 0 aromatic heterocycles. The molecule has 1 spiro atoms. The van der Waals surface area contributed by atoms with Crippen molar-refractivity contribution in [1.29, 1.82) is 0 Å². The number of nitrogens with one attached hydrogen (secondary N) is 1. The quantitative estimate of drug-likeness (QED) is 0.610. The highest BCUT2D eigenvalue weighted by Crippen LogP contribution is 2.60. The van der Waals surface area contributed by atoms with E-state index in [-0.39, 0.29) is 0 Å². The fraction of sp³-hybridized carbons (Fsp3) is 1.00. The molecule has 0 amide bonds. The van der Waals surface area contributed by atoms with E-state index in [1.807, 2.05) is 0 Å². The Morgan fingerprint density at radius 3 is 2.20 bits per heavy atom. The second kappa shape index (κ2) is 1.58. The van der Waals surface area contributed by atoms with E-state index in [4.69, 9.17) is 0 Å². The predicted octanol–water partition coefficient (Wildman–Crippen LogP) is 1.68. The van der Waals surface area contributed by atoms with Gasteiger partial charge in [0.05, 0.1) is 0 Å². The standard InChI is InChI=1S/C9H15N/c1-2-7(1)10-8-5-9(6-8)3-4-9/h7-8,10H,1-6H2. The molecule has 1 nitrogen and oxygen atoms in total. The largest absolute Gasteiger partial charge is 0.311 e. The van der Waals surface area contributed by atoms with E-state index in [0.29, 0.717) is 0 Å². The predicted molar refractivity (Wildman–Crippen MR) is 40.8 cm³/mol. The minimum absolute atomic E-state index is 0.895. The number of hydrogen-bond donors (Lipinski definition) is 1. The molecule has 10 heavy (non-hydrogen) atoms. The van der Waals surface area contributed by atoms with Gasteiger partial charge >= 0.3 is 0 Å². The van der Waals surface area contributed by atoms with Crippen molar-refractivity contribution in [3.8, 4) is 0 Å². The van der Waals surface area contributed by atoms with E-state index in [2.05, 4.69) is 5.32 Å². The lowest BCUT2D eigenvalue weighted by Gasteiger charge is -2.36. The summed E-state index contributed by atoms with van der Waals surface area (Å²) >= 11 is 0. The maximum atomic E-state index is 3.69. The number of hydrogen-bond acceptors (Lipinski definition) is 1. The van der Waals surface area contributed by atoms with Crippen LogP contribution in [-0.2, 0) is 0 Å². The SMILES string of the molecule is C1CC1NC1CC2(CC2)C1. The molecule has 0 radical (unpaired) electrons. The summed E-state index contributed by atoms with van der Waals surface area (Å²) in [5.74, 6) is 0. The van der Waals surface area contributed by atoms with E-state index >= 15 is 0 Å². The Labute approximate surface area is 62.2 Å². The molecule has 3 fully saturated rings. The summed E-state index contributed by atoms with van der Waals surface area (Å²) in [5, 5.41) is 3.69. The summed E-state index contributed by atoms with van der Waals surface area (Å²) in [7, 11) is 0. The molecule has 0 atom stereocenters. The normalized spacial score (nSPS) is 36.0. The van der Waals surface area contributed by atoms with Crippen molar-refractivity contribution >= 4 is 0 Å². The van der Waals surface area contributed by atoms with Crippen molar-refractivity contribution in [2.24, 2.45) is 5.41 Å². The van der Waals surface area contributed by atoms with Gasteiger partial charge < -0.3 is 5.32 Å². The van der Waals surface area contributed by atoms with Gasteiger partial charge in [0.25, 0.3) is 0 Å². The zero-order valence-electron chi connectivity index (χ0n) is 6.40. The van der Waals surface area contributed by atoms with Crippen LogP contribution >= 0.6 is 0 Å². The monoisotopic (exact) mass is 137 g/mol. The van der Waals surface area contributed by atoms with Gasteiger partial charge in [-0.05, 0) is 43.9 Å². The first-order valence-corrected chi connectivity index (χ1v) is 4.62. The van der Waals surface area contributed by atoms with Gasteiger partial charge in [0, 0.05) is 12.1 Å². The van der Waals surface area contributed by atoms with Gasteiger partial charge in [0.2, 0.25) is 0 Å². The summed E-state index contributed by atoms with van der Waals surface area (Å²) in [6.45, 7) is 0. The Morgan fingerprint density at radius 2 is 1.70 bits per heavy atom. The van der Waals surface area contributed by atoms with Gasteiger partial charge in [-0.15, -0.1) is 0 Å². The maximum Gasteiger partial charge on any atom is 0.00802 e. The van der Waals surface area contributed by atoms with E-state index in [1.165, 1.54) is 38.5 Å². The first-order chi connectivity index (χ1) is 4.86. The Kier molecular flexibility index (Phi) is 0.883. The van der Waals surface area contributed by atoms with Crippen molar-refractivity contribution in [2.75, 3.05) is 0 Å². The molecule has 56 valence electrons. The molecule has 0 aromatic rings. The highest BCUT2D eigenvalue weighted by molar-refractivity contribution is 5.07. The summed E-state index contributed by atoms with van der Waals surface area (Å²) in [6, 6.07) is 1.86. The summed E-state index contributed by atoms with van der Waals surface area (Å²) in [5.41, 5.74) is 0.895. The van der Waals surface area contributed by atoms with Crippen LogP contribution in [-0.4, -0.2) is 12.1 Å². The first kappa shape index (κ1) is 5.59. The Hall–Kier alpha value is -0.0400. The topological polar surface area (TPSA) is 12.0 Å². The lowest BCUT2D eigenvalue weighted by molar-refractivity contribution is 0.198. The third-order valence-corrected chi connectivity index (χ3v) is 3.36. The molecule has 3 rings (SSSR count). The summed E-state index contributed by atoms with van der Waals surface area (Å²) in [6.07, 6.45) is 8.98. The van der Waals surface area contributed by atoms with Gasteiger partial charge in [-0.25, -0.2) is 0 Å². The minimum Gasteiger partial charge on any atom is -0.311 e. The summed E-state index contributed by atoms with van der Waals surface area (Å²) in [4.78, 5) is 0. The van der Waals surface area contributed by atoms with Crippen molar-refractivity contribution in [2.45, 2.75) is 50.6 Å². The summed E-state index contributed by atoms with van der Waals surface area (Å²) < 4.78 is 0. The second-order valence-electron chi connectivity index (χ2n) is 4.55. The molecule has 3 aliphatic rings. The molecule has 3 saturated carbocycles. The molecule has 0 aliphatic heterocycles. The van der Waals surface area contributed by atoms with E-state index in [1.54, 1.807) is 0 Å². The van der Waals surface area contributed by atoms with Crippen LogP contribution in [0.5, 0.6) is 0 Å². The van der Waals surface area contributed by atoms with Gasteiger partial charge in [-0.1, -0.05) is 0 Å². The van der Waals surface area contributed by atoms with Crippen molar-refractivity contribution in [3.05, 3.63) is 0 Å². The third kappa shape index (κ3) is 0.800. The van der Waals surface area contributed by atoms with Crippen molar-refractivity contribution in [3.63, 3.8) is 0 Å². The Bertz CT molecular complexity index is 145. The highest BCUT2D eigenvalue weighted by atomic mass is 15.0. The van der Waals surface area contributed by atoms with E-state index in [9.17, 15) is 0 Å². The number of rotatable bonds is 2. The Balaban J connectivity index is 1.49. The molecule has 0 aromatic carbocycles. The van der Waals surface area contributed by atoms with Crippen LogP contribution < -0.4 is 5.32 Å². The molecule has 0 unspecified atom stereocenters. The lowest BCUT2D eigenvalue weighted by Crippen LogP contribution is -2.43. The first-order valence-electron chi connectivity index (χ1n) is 4.62. The van der Waals surface area contributed by atoms with Crippen LogP contribution in [0.15, 0.2) is 0 Å². The average molecular weight is 137 g/mol. The molecule has 3 aliphatic carbocycles. The van der Waals surface area contributed by atoms with E-state index in [0.717, 1.165) is 17.5 Å². The zero-order valence-corrected chi connectivity index (χ0v) is 6.40. The molecule has 1 N–H and O–H groups in total. The van der Waals surface area contributed by atoms with Gasteiger partial charge in [0.15, 0.2) is 0 Å². The van der Waals surface area contributed by atoms with Gasteiger partial charge in [0.1, 0.15) is 0 Å². The van der Waals surface area contributed by atoms with Crippen LogP contribution in [0.4, 0.5) is 0 Å². The second-order valence-corrected chi connectivity index (χ2v) is 4.55. The van der Waals surface area contributed by atoms with Gasteiger partial charge in [-0.2, -0.15) is 0 Å². The zero-order chi connectivity index (χ0) is 6.60. The van der Waals surface area contributed by atoms with Crippen LogP contribution in [0, 0.1) is 5.41 Å². The van der Waals surface area contributed by atoms with E-state index < -0.39 is 0 Å². The molecule has 0 heterocycles. The smallest absolute Gasteiger partial charge is 0.00802 e. The van der Waals surface area contributed by atoms with Crippen LogP contribution in [0.3, 0.4) is 0 Å².